The maximum Gasteiger partial charge on any atom is 0.0956 e. The molecule has 15 heavy (non-hydrogen) atoms. The van der Waals surface area contributed by atoms with Crippen LogP contribution in [-0.2, 0) is 13.2 Å². The Morgan fingerprint density at radius 2 is 2.07 bits per heavy atom. The summed E-state index contributed by atoms with van der Waals surface area (Å²) in [6, 6.07) is 10.5. The van der Waals surface area contributed by atoms with Gasteiger partial charge in [0.25, 0.3) is 0 Å². The van der Waals surface area contributed by atoms with E-state index in [1.165, 1.54) is 5.56 Å². The third-order valence-corrected chi connectivity index (χ3v) is 2.26. The van der Waals surface area contributed by atoms with Gasteiger partial charge >= 0.3 is 0 Å². The maximum absolute atomic E-state index is 4.02. The van der Waals surface area contributed by atoms with Crippen molar-refractivity contribution in [1.82, 2.24) is 14.5 Å². The molecule has 3 heteroatoms. The molecule has 0 unspecified atom stereocenters. The molecule has 0 atom stereocenters. The largest absolute Gasteiger partial charge is 0.324 e. The van der Waals surface area contributed by atoms with Gasteiger partial charge in [-0.2, -0.15) is 0 Å². The molecule has 1 heterocycles. The van der Waals surface area contributed by atoms with E-state index in [9.17, 15) is 0 Å². The van der Waals surface area contributed by atoms with Gasteiger partial charge in [0.05, 0.1) is 13.0 Å². The van der Waals surface area contributed by atoms with E-state index in [1.807, 2.05) is 18.6 Å². The van der Waals surface area contributed by atoms with Crippen molar-refractivity contribution in [2.24, 2.45) is 0 Å². The number of imidazole rings is 1. The van der Waals surface area contributed by atoms with Gasteiger partial charge in [-0.1, -0.05) is 30.3 Å². The van der Waals surface area contributed by atoms with E-state index in [4.69, 9.17) is 0 Å². The van der Waals surface area contributed by atoms with Crippen molar-refractivity contribution in [3.05, 3.63) is 54.6 Å². The average Bonchev–Trinajstić information content (AvgIpc) is 2.71. The summed E-state index contributed by atoms with van der Waals surface area (Å²) in [6.45, 7) is 1.83. The van der Waals surface area contributed by atoms with Gasteiger partial charge in [0, 0.05) is 18.9 Å². The van der Waals surface area contributed by atoms with Gasteiger partial charge in [0.15, 0.2) is 0 Å². The van der Waals surface area contributed by atoms with Crippen molar-refractivity contribution in [2.45, 2.75) is 13.2 Å². The average molecular weight is 201 g/mol. The van der Waals surface area contributed by atoms with Crippen molar-refractivity contribution >= 4 is 0 Å². The molecule has 0 aliphatic rings. The lowest BCUT2D eigenvalue weighted by atomic mass is 10.2. The highest BCUT2D eigenvalue weighted by Crippen LogP contribution is 2.03. The van der Waals surface area contributed by atoms with Crippen LogP contribution in [0.5, 0.6) is 0 Å². The fraction of sp³-hybridized carbons (Fsp3) is 0.250. The summed E-state index contributed by atoms with van der Waals surface area (Å²) in [5.74, 6) is 0. The van der Waals surface area contributed by atoms with E-state index in [-0.39, 0.29) is 0 Å². The summed E-state index contributed by atoms with van der Waals surface area (Å²) < 4.78 is 2.06. The summed E-state index contributed by atoms with van der Waals surface area (Å²) in [6.07, 6.45) is 5.61. The van der Waals surface area contributed by atoms with Gasteiger partial charge in [-0.3, -0.25) is 4.90 Å². The minimum absolute atomic E-state index is 0.870. The van der Waals surface area contributed by atoms with Gasteiger partial charge < -0.3 is 4.57 Å². The van der Waals surface area contributed by atoms with Gasteiger partial charge in [-0.05, 0) is 12.6 Å². The van der Waals surface area contributed by atoms with Crippen molar-refractivity contribution in [2.75, 3.05) is 7.05 Å². The first-order valence-corrected chi connectivity index (χ1v) is 5.03. The van der Waals surface area contributed by atoms with Crippen LogP contribution in [0.1, 0.15) is 5.56 Å². The Morgan fingerprint density at radius 3 is 2.73 bits per heavy atom. The summed E-state index contributed by atoms with van der Waals surface area (Å²) in [5.41, 5.74) is 1.33. The molecule has 1 aromatic carbocycles. The standard InChI is InChI=1S/C12H15N3/c1-14(11-15-8-7-13-10-15)9-12-5-3-2-4-6-12/h2-8,10H,9,11H2,1H3. The molecular weight excluding hydrogens is 186 g/mol. The lowest BCUT2D eigenvalue weighted by Crippen LogP contribution is -2.20. The predicted molar refractivity (Wildman–Crippen MR) is 60.1 cm³/mol. The molecule has 0 saturated heterocycles. The topological polar surface area (TPSA) is 21.1 Å². The number of benzene rings is 1. The maximum atomic E-state index is 4.02. The predicted octanol–water partition coefficient (Wildman–Crippen LogP) is 1.97. The quantitative estimate of drug-likeness (QED) is 0.754. The molecule has 0 amide bonds. The Labute approximate surface area is 90.0 Å². The number of rotatable bonds is 4. The molecule has 0 aliphatic heterocycles. The number of aromatic nitrogens is 2. The Balaban J connectivity index is 1.90. The van der Waals surface area contributed by atoms with Crippen LogP contribution >= 0.6 is 0 Å². The molecule has 0 fully saturated rings. The second kappa shape index (κ2) is 4.75. The zero-order valence-corrected chi connectivity index (χ0v) is 8.87. The SMILES string of the molecule is CN(Cc1ccccc1)Cn1ccnc1. The van der Waals surface area contributed by atoms with Crippen LogP contribution in [0.4, 0.5) is 0 Å². The second-order valence-corrected chi connectivity index (χ2v) is 3.72. The summed E-state index contributed by atoms with van der Waals surface area (Å²) in [7, 11) is 2.10. The van der Waals surface area contributed by atoms with Crippen LogP contribution in [0.3, 0.4) is 0 Å². The van der Waals surface area contributed by atoms with E-state index in [0.29, 0.717) is 0 Å². The van der Waals surface area contributed by atoms with Crippen LogP contribution in [0.2, 0.25) is 0 Å². The number of hydrogen-bond acceptors (Lipinski definition) is 2. The van der Waals surface area contributed by atoms with E-state index < -0.39 is 0 Å². The summed E-state index contributed by atoms with van der Waals surface area (Å²) in [4.78, 5) is 6.27. The minimum Gasteiger partial charge on any atom is -0.324 e. The Bertz CT molecular complexity index is 381. The molecule has 1 aromatic heterocycles. The van der Waals surface area contributed by atoms with Gasteiger partial charge in [-0.15, -0.1) is 0 Å². The van der Waals surface area contributed by atoms with Crippen LogP contribution in [0, 0.1) is 0 Å². The lowest BCUT2D eigenvalue weighted by Gasteiger charge is -2.16. The van der Waals surface area contributed by atoms with Crippen LogP contribution in [-0.4, -0.2) is 21.5 Å². The van der Waals surface area contributed by atoms with Crippen LogP contribution in [0.25, 0.3) is 0 Å². The third kappa shape index (κ3) is 2.92. The molecule has 0 N–H and O–H groups in total. The van der Waals surface area contributed by atoms with E-state index in [0.717, 1.165) is 13.2 Å². The van der Waals surface area contributed by atoms with Gasteiger partial charge in [0.2, 0.25) is 0 Å². The normalized spacial score (nSPS) is 10.8. The first kappa shape index (κ1) is 9.93. The highest BCUT2D eigenvalue weighted by Gasteiger charge is 1.99. The van der Waals surface area contributed by atoms with Crippen molar-refractivity contribution in [1.29, 1.82) is 0 Å². The zero-order chi connectivity index (χ0) is 10.5. The van der Waals surface area contributed by atoms with Crippen LogP contribution < -0.4 is 0 Å². The van der Waals surface area contributed by atoms with Crippen LogP contribution in [0.15, 0.2) is 49.1 Å². The Morgan fingerprint density at radius 1 is 1.27 bits per heavy atom. The molecule has 2 rings (SSSR count). The Kier molecular flexibility index (Phi) is 3.15. The molecule has 0 aliphatic carbocycles. The summed E-state index contributed by atoms with van der Waals surface area (Å²) >= 11 is 0. The van der Waals surface area contributed by atoms with E-state index >= 15 is 0 Å². The monoisotopic (exact) mass is 201 g/mol. The van der Waals surface area contributed by atoms with Crippen molar-refractivity contribution in [3.8, 4) is 0 Å². The fourth-order valence-electron chi connectivity index (χ4n) is 1.59. The molecule has 0 saturated carbocycles. The van der Waals surface area contributed by atoms with Gasteiger partial charge in [0.1, 0.15) is 0 Å². The first-order valence-electron chi connectivity index (χ1n) is 5.03. The highest BCUT2D eigenvalue weighted by atomic mass is 15.2. The first-order chi connectivity index (χ1) is 7.34. The van der Waals surface area contributed by atoms with Crippen molar-refractivity contribution < 1.29 is 0 Å². The molecular formula is C12H15N3. The van der Waals surface area contributed by atoms with Gasteiger partial charge in [-0.25, -0.2) is 4.98 Å². The molecule has 0 bridgehead atoms. The molecule has 78 valence electrons. The molecule has 0 spiro atoms. The van der Waals surface area contributed by atoms with Crippen molar-refractivity contribution in [3.63, 3.8) is 0 Å². The number of hydrogen-bond donors (Lipinski definition) is 0. The molecule has 3 nitrogen and oxygen atoms in total. The van der Waals surface area contributed by atoms with E-state index in [2.05, 4.69) is 45.8 Å². The smallest absolute Gasteiger partial charge is 0.0956 e. The second-order valence-electron chi connectivity index (χ2n) is 3.72. The molecule has 2 aromatic rings. The zero-order valence-electron chi connectivity index (χ0n) is 8.87. The fourth-order valence-corrected chi connectivity index (χ4v) is 1.59. The van der Waals surface area contributed by atoms with E-state index in [1.54, 1.807) is 6.20 Å². The lowest BCUT2D eigenvalue weighted by molar-refractivity contribution is 0.260. The third-order valence-electron chi connectivity index (χ3n) is 2.26. The molecule has 0 radical (unpaired) electrons. The minimum atomic E-state index is 0.870. The number of nitrogens with zero attached hydrogens (tertiary/aromatic N) is 3. The Hall–Kier alpha value is -1.61. The summed E-state index contributed by atoms with van der Waals surface area (Å²) in [5, 5.41) is 0. The highest BCUT2D eigenvalue weighted by molar-refractivity contribution is 5.14.